The SMILES string of the molecule is O=C(Nc1cnn(CCO)c1)Nc1ccc(Br)cc1Br. The molecule has 0 saturated carbocycles. The Morgan fingerprint density at radius 3 is 2.85 bits per heavy atom. The Hall–Kier alpha value is -1.38. The molecule has 0 unspecified atom stereocenters. The highest BCUT2D eigenvalue weighted by atomic mass is 79.9. The molecule has 0 atom stereocenters. The number of amides is 2. The minimum Gasteiger partial charge on any atom is -0.394 e. The lowest BCUT2D eigenvalue weighted by Crippen LogP contribution is -2.19. The number of carbonyl (C=O) groups excluding carboxylic acids is 1. The number of hydrogen-bond acceptors (Lipinski definition) is 3. The first-order valence-electron chi connectivity index (χ1n) is 5.75. The van der Waals surface area contributed by atoms with E-state index in [-0.39, 0.29) is 12.6 Å². The fourth-order valence-corrected chi connectivity index (χ4v) is 2.67. The number of nitrogens with one attached hydrogen (secondary N) is 2. The van der Waals surface area contributed by atoms with Gasteiger partial charge >= 0.3 is 6.03 Å². The zero-order chi connectivity index (χ0) is 14.5. The second-order valence-electron chi connectivity index (χ2n) is 3.92. The van der Waals surface area contributed by atoms with Crippen LogP contribution in [0.4, 0.5) is 16.2 Å². The van der Waals surface area contributed by atoms with Gasteiger partial charge in [0.25, 0.3) is 0 Å². The van der Waals surface area contributed by atoms with Crippen molar-refractivity contribution in [2.75, 3.05) is 17.2 Å². The van der Waals surface area contributed by atoms with Crippen molar-refractivity contribution >= 4 is 49.3 Å². The minimum absolute atomic E-state index is 0.000837. The van der Waals surface area contributed by atoms with Crippen molar-refractivity contribution in [1.29, 1.82) is 0 Å². The van der Waals surface area contributed by atoms with Gasteiger partial charge in [0.15, 0.2) is 0 Å². The van der Waals surface area contributed by atoms with Crippen molar-refractivity contribution in [1.82, 2.24) is 9.78 Å². The number of aliphatic hydroxyl groups is 1. The van der Waals surface area contributed by atoms with Gasteiger partial charge in [0.2, 0.25) is 0 Å². The molecular weight excluding hydrogens is 392 g/mol. The van der Waals surface area contributed by atoms with Crippen LogP contribution < -0.4 is 10.6 Å². The molecule has 0 fully saturated rings. The molecule has 2 amide bonds. The van der Waals surface area contributed by atoms with Crippen molar-refractivity contribution in [3.05, 3.63) is 39.5 Å². The lowest BCUT2D eigenvalue weighted by molar-refractivity contribution is 0.262. The average molecular weight is 404 g/mol. The van der Waals surface area contributed by atoms with Gasteiger partial charge in [-0.15, -0.1) is 0 Å². The maximum absolute atomic E-state index is 11.8. The largest absolute Gasteiger partial charge is 0.394 e. The number of anilines is 2. The topological polar surface area (TPSA) is 79.2 Å². The normalized spacial score (nSPS) is 10.3. The van der Waals surface area contributed by atoms with E-state index in [4.69, 9.17) is 5.11 Å². The molecule has 2 rings (SSSR count). The summed E-state index contributed by atoms with van der Waals surface area (Å²) in [5.41, 5.74) is 1.22. The summed E-state index contributed by atoms with van der Waals surface area (Å²) in [6.45, 7) is 0.390. The fraction of sp³-hybridized carbons (Fsp3) is 0.167. The highest BCUT2D eigenvalue weighted by molar-refractivity contribution is 9.11. The van der Waals surface area contributed by atoms with E-state index in [1.807, 2.05) is 12.1 Å². The Balaban J connectivity index is 1.97. The van der Waals surface area contributed by atoms with Crippen LogP contribution in [0.5, 0.6) is 0 Å². The van der Waals surface area contributed by atoms with Gasteiger partial charge in [-0.05, 0) is 34.1 Å². The lowest BCUT2D eigenvalue weighted by Gasteiger charge is -2.08. The Morgan fingerprint density at radius 2 is 2.15 bits per heavy atom. The molecule has 1 heterocycles. The number of halogens is 2. The van der Waals surface area contributed by atoms with Gasteiger partial charge in [-0.3, -0.25) is 4.68 Å². The van der Waals surface area contributed by atoms with E-state index in [0.717, 1.165) is 8.95 Å². The van der Waals surface area contributed by atoms with Crippen molar-refractivity contribution in [2.45, 2.75) is 6.54 Å². The average Bonchev–Trinajstić information content (AvgIpc) is 2.81. The third-order valence-electron chi connectivity index (χ3n) is 2.40. The first-order chi connectivity index (χ1) is 9.58. The molecule has 20 heavy (non-hydrogen) atoms. The van der Waals surface area contributed by atoms with E-state index in [1.54, 1.807) is 16.9 Å². The Bertz CT molecular complexity index is 615. The predicted molar refractivity (Wildman–Crippen MR) is 83.8 cm³/mol. The van der Waals surface area contributed by atoms with Crippen LogP contribution in [0.3, 0.4) is 0 Å². The summed E-state index contributed by atoms with van der Waals surface area (Å²) in [6.07, 6.45) is 3.16. The molecule has 3 N–H and O–H groups in total. The fourth-order valence-electron chi connectivity index (χ4n) is 1.53. The van der Waals surface area contributed by atoms with Crippen LogP contribution in [0.1, 0.15) is 0 Å². The summed E-state index contributed by atoms with van der Waals surface area (Å²) in [7, 11) is 0. The number of nitrogens with zero attached hydrogens (tertiary/aromatic N) is 2. The molecule has 0 radical (unpaired) electrons. The standard InChI is InChI=1S/C12H12Br2N4O2/c13-8-1-2-11(10(14)5-8)17-12(20)16-9-6-15-18(7-9)3-4-19/h1-2,5-7,19H,3-4H2,(H2,16,17,20). The number of carbonyl (C=O) groups is 1. The molecule has 8 heteroatoms. The highest BCUT2D eigenvalue weighted by Gasteiger charge is 2.07. The van der Waals surface area contributed by atoms with Gasteiger partial charge in [-0.2, -0.15) is 5.10 Å². The Kier molecular flexibility index (Phi) is 5.16. The maximum atomic E-state index is 11.8. The second kappa shape index (κ2) is 6.87. The van der Waals surface area contributed by atoms with Crippen LogP contribution in [0, 0.1) is 0 Å². The molecular formula is C12H12Br2N4O2. The van der Waals surface area contributed by atoms with Crippen molar-refractivity contribution < 1.29 is 9.90 Å². The molecule has 0 aliphatic rings. The minimum atomic E-state index is -0.364. The van der Waals surface area contributed by atoms with Crippen molar-refractivity contribution in [2.24, 2.45) is 0 Å². The molecule has 2 aromatic rings. The second-order valence-corrected chi connectivity index (χ2v) is 5.69. The zero-order valence-corrected chi connectivity index (χ0v) is 13.5. The van der Waals surface area contributed by atoms with Gasteiger partial charge in [0.1, 0.15) is 0 Å². The van der Waals surface area contributed by atoms with Crippen LogP contribution in [-0.4, -0.2) is 27.5 Å². The van der Waals surface area contributed by atoms with Crippen LogP contribution in [0.2, 0.25) is 0 Å². The van der Waals surface area contributed by atoms with Gasteiger partial charge in [-0.1, -0.05) is 15.9 Å². The summed E-state index contributed by atoms with van der Waals surface area (Å²) in [6, 6.07) is 5.09. The number of urea groups is 1. The van der Waals surface area contributed by atoms with E-state index in [0.29, 0.717) is 17.9 Å². The Labute approximate surface area is 132 Å². The van der Waals surface area contributed by atoms with Crippen molar-refractivity contribution in [3.63, 3.8) is 0 Å². The van der Waals surface area contributed by atoms with E-state index in [9.17, 15) is 4.79 Å². The van der Waals surface area contributed by atoms with E-state index in [2.05, 4.69) is 47.6 Å². The predicted octanol–water partition coefficient (Wildman–Crippen LogP) is 3.04. The smallest absolute Gasteiger partial charge is 0.323 e. The molecule has 1 aromatic heterocycles. The van der Waals surface area contributed by atoms with Crippen LogP contribution in [0.25, 0.3) is 0 Å². The summed E-state index contributed by atoms with van der Waals surface area (Å²) < 4.78 is 3.24. The summed E-state index contributed by atoms with van der Waals surface area (Å²) in [5, 5.41) is 18.2. The lowest BCUT2D eigenvalue weighted by atomic mass is 10.3. The van der Waals surface area contributed by atoms with Crippen LogP contribution in [-0.2, 0) is 6.54 Å². The molecule has 1 aromatic carbocycles. The third-order valence-corrected chi connectivity index (χ3v) is 3.55. The highest BCUT2D eigenvalue weighted by Crippen LogP contribution is 2.26. The first kappa shape index (κ1) is 15.0. The summed E-state index contributed by atoms with van der Waals surface area (Å²) >= 11 is 6.71. The number of aliphatic hydroxyl groups excluding tert-OH is 1. The van der Waals surface area contributed by atoms with Crippen molar-refractivity contribution in [3.8, 4) is 0 Å². The van der Waals surface area contributed by atoms with Gasteiger partial charge in [0.05, 0.1) is 30.7 Å². The number of aromatic nitrogens is 2. The molecule has 0 saturated heterocycles. The van der Waals surface area contributed by atoms with Gasteiger partial charge in [0, 0.05) is 15.1 Å². The third kappa shape index (κ3) is 4.06. The van der Waals surface area contributed by atoms with E-state index >= 15 is 0 Å². The number of hydrogen-bond donors (Lipinski definition) is 3. The monoisotopic (exact) mass is 402 g/mol. The summed E-state index contributed by atoms with van der Waals surface area (Å²) in [5.74, 6) is 0. The first-order valence-corrected chi connectivity index (χ1v) is 7.33. The Morgan fingerprint density at radius 1 is 1.35 bits per heavy atom. The molecule has 106 valence electrons. The maximum Gasteiger partial charge on any atom is 0.323 e. The quantitative estimate of drug-likeness (QED) is 0.733. The number of benzene rings is 1. The number of rotatable bonds is 4. The molecule has 0 aliphatic heterocycles. The summed E-state index contributed by atoms with van der Waals surface area (Å²) in [4.78, 5) is 11.8. The zero-order valence-electron chi connectivity index (χ0n) is 10.3. The molecule has 6 nitrogen and oxygen atoms in total. The van der Waals surface area contributed by atoms with Crippen LogP contribution in [0.15, 0.2) is 39.5 Å². The molecule has 0 spiro atoms. The van der Waals surface area contributed by atoms with Crippen LogP contribution >= 0.6 is 31.9 Å². The van der Waals surface area contributed by atoms with E-state index < -0.39 is 0 Å². The van der Waals surface area contributed by atoms with Gasteiger partial charge in [-0.25, -0.2) is 4.79 Å². The molecule has 0 aliphatic carbocycles. The van der Waals surface area contributed by atoms with Gasteiger partial charge < -0.3 is 15.7 Å². The van der Waals surface area contributed by atoms with E-state index in [1.165, 1.54) is 6.20 Å². The molecule has 0 bridgehead atoms.